The van der Waals surface area contributed by atoms with Crippen molar-refractivity contribution in [1.82, 2.24) is 5.32 Å². The summed E-state index contributed by atoms with van der Waals surface area (Å²) in [6.45, 7) is 9.42. The van der Waals surface area contributed by atoms with Crippen LogP contribution in [-0.4, -0.2) is 42.4 Å². The molecule has 1 aromatic rings. The number of hydrogen-bond donors (Lipinski definition) is 1. The number of carbonyl (C=O) groups is 2. The van der Waals surface area contributed by atoms with Crippen LogP contribution in [0.4, 0.5) is 14.9 Å². The molecule has 1 atom stereocenters. The monoisotopic (exact) mass is 380 g/mol. The first-order valence-electron chi connectivity index (χ1n) is 8.88. The molecule has 0 radical (unpaired) electrons. The van der Waals surface area contributed by atoms with Crippen molar-refractivity contribution in [3.05, 3.63) is 29.6 Å². The maximum atomic E-state index is 14.7. The number of hydrogen-bond acceptors (Lipinski definition) is 5. The van der Waals surface area contributed by atoms with Crippen LogP contribution in [0, 0.1) is 5.82 Å². The number of nitrogens with one attached hydrogen (secondary N) is 1. The topological polar surface area (TPSA) is 77.1 Å². The zero-order valence-corrected chi connectivity index (χ0v) is 16.2. The van der Waals surface area contributed by atoms with Gasteiger partial charge < -0.3 is 19.5 Å². The number of ether oxygens (including phenoxy) is 3. The first-order chi connectivity index (χ1) is 12.5. The molecule has 2 saturated heterocycles. The minimum atomic E-state index is -0.818. The molecule has 148 valence electrons. The number of anilines is 1. The molecule has 0 spiro atoms. The molecule has 0 bridgehead atoms. The second-order valence-corrected chi connectivity index (χ2v) is 7.85. The summed E-state index contributed by atoms with van der Waals surface area (Å²) in [7, 11) is 0. The zero-order chi connectivity index (χ0) is 20.0. The Morgan fingerprint density at radius 3 is 2.44 bits per heavy atom. The highest BCUT2D eigenvalue weighted by molar-refractivity contribution is 5.89. The summed E-state index contributed by atoms with van der Waals surface area (Å²) in [5.41, 5.74) is -0.487. The van der Waals surface area contributed by atoms with Gasteiger partial charge in [0.15, 0.2) is 6.29 Å². The summed E-state index contributed by atoms with van der Waals surface area (Å²) in [5, 5.41) is 2.60. The summed E-state index contributed by atoms with van der Waals surface area (Å²) in [6.07, 6.45) is -1.87. The van der Waals surface area contributed by atoms with E-state index in [1.807, 2.05) is 27.7 Å². The summed E-state index contributed by atoms with van der Waals surface area (Å²) in [5.74, 6) is -0.730. The average Bonchev–Trinajstić information content (AvgIpc) is 3.01. The van der Waals surface area contributed by atoms with Crippen LogP contribution in [0.1, 0.15) is 46.5 Å². The van der Waals surface area contributed by atoms with Crippen LogP contribution in [0.15, 0.2) is 18.2 Å². The van der Waals surface area contributed by atoms with Gasteiger partial charge in [0.05, 0.1) is 30.0 Å². The summed E-state index contributed by atoms with van der Waals surface area (Å²) in [4.78, 5) is 24.4. The number of amides is 2. The Hall–Kier alpha value is -2.19. The number of rotatable bonds is 4. The molecule has 0 aromatic heterocycles. The Morgan fingerprint density at radius 1 is 1.26 bits per heavy atom. The Labute approximate surface area is 157 Å². The highest BCUT2D eigenvalue weighted by Crippen LogP contribution is 2.45. The number of cyclic esters (lactones) is 1. The van der Waals surface area contributed by atoms with Gasteiger partial charge in [0.25, 0.3) is 0 Å². The molecule has 2 amide bonds. The molecular weight excluding hydrogens is 355 g/mol. The van der Waals surface area contributed by atoms with Crippen LogP contribution in [0.2, 0.25) is 0 Å². The maximum Gasteiger partial charge on any atom is 0.414 e. The Balaban J connectivity index is 1.74. The third-order valence-electron chi connectivity index (χ3n) is 5.26. The van der Waals surface area contributed by atoms with Gasteiger partial charge in [0.2, 0.25) is 5.91 Å². The van der Waals surface area contributed by atoms with E-state index in [-0.39, 0.29) is 24.6 Å². The fraction of sp³-hybridized carbons (Fsp3) is 0.579. The van der Waals surface area contributed by atoms with Crippen molar-refractivity contribution in [3.8, 4) is 0 Å². The lowest BCUT2D eigenvalue weighted by Crippen LogP contribution is -2.41. The predicted molar refractivity (Wildman–Crippen MR) is 95.8 cm³/mol. The smallest absolute Gasteiger partial charge is 0.414 e. The number of nitrogens with zero attached hydrogens (tertiary/aromatic N) is 1. The van der Waals surface area contributed by atoms with Gasteiger partial charge in [-0.25, -0.2) is 9.18 Å². The first-order valence-corrected chi connectivity index (χ1v) is 8.88. The summed E-state index contributed by atoms with van der Waals surface area (Å²) >= 11 is 0. The number of benzene rings is 1. The molecule has 1 N–H and O–H groups in total. The van der Waals surface area contributed by atoms with Crippen molar-refractivity contribution >= 4 is 17.7 Å². The lowest BCUT2D eigenvalue weighted by Gasteiger charge is -2.30. The lowest BCUT2D eigenvalue weighted by atomic mass is 9.90. The van der Waals surface area contributed by atoms with Crippen molar-refractivity contribution in [1.29, 1.82) is 0 Å². The number of carbonyl (C=O) groups excluding carboxylic acids is 2. The fourth-order valence-electron chi connectivity index (χ4n) is 2.94. The third kappa shape index (κ3) is 3.77. The van der Waals surface area contributed by atoms with E-state index in [1.54, 1.807) is 12.1 Å². The second-order valence-electron chi connectivity index (χ2n) is 7.85. The van der Waals surface area contributed by atoms with Crippen molar-refractivity contribution in [2.75, 3.05) is 18.0 Å². The Bertz CT molecular complexity index is 748. The van der Waals surface area contributed by atoms with Crippen molar-refractivity contribution in [2.24, 2.45) is 0 Å². The highest BCUT2D eigenvalue weighted by atomic mass is 19.1. The van der Waals surface area contributed by atoms with Crippen molar-refractivity contribution in [3.63, 3.8) is 0 Å². The standard InChI is InChI=1S/C19H25FN2O5/c1-11(23)21-9-13-10-22(17(24)25-13)12-6-7-14(15(20)8-12)16-26-18(2,3)19(4,5)27-16/h6-8,13,16H,9-10H2,1-5H3,(H,21,23)/t13-/m0/s1. The molecule has 7 nitrogen and oxygen atoms in total. The van der Waals surface area contributed by atoms with Crippen molar-refractivity contribution in [2.45, 2.75) is 58.2 Å². The van der Waals surface area contributed by atoms with Gasteiger partial charge in [0.1, 0.15) is 11.9 Å². The second kappa shape index (κ2) is 6.76. The van der Waals surface area contributed by atoms with Crippen LogP contribution in [0.25, 0.3) is 0 Å². The van der Waals surface area contributed by atoms with E-state index in [0.29, 0.717) is 5.69 Å². The van der Waals surface area contributed by atoms with Gasteiger partial charge in [-0.2, -0.15) is 0 Å². The van der Waals surface area contributed by atoms with Crippen LogP contribution in [0.3, 0.4) is 0 Å². The first kappa shape index (κ1) is 19.6. The molecule has 0 unspecified atom stereocenters. The van der Waals surface area contributed by atoms with Crippen LogP contribution < -0.4 is 10.2 Å². The van der Waals surface area contributed by atoms with Gasteiger partial charge in [-0.05, 0) is 45.9 Å². The van der Waals surface area contributed by atoms with E-state index in [1.165, 1.54) is 17.9 Å². The molecule has 1 aromatic carbocycles. The Morgan fingerprint density at radius 2 is 1.89 bits per heavy atom. The molecule has 2 aliphatic rings. The Kier molecular flexibility index (Phi) is 4.90. The van der Waals surface area contributed by atoms with E-state index in [0.717, 1.165) is 0 Å². The SMILES string of the molecule is CC(=O)NC[C@H]1CN(c2ccc(C3OC(C)(C)C(C)(C)O3)c(F)c2)C(=O)O1. The molecular formula is C19H25FN2O5. The highest BCUT2D eigenvalue weighted by Gasteiger charge is 2.50. The average molecular weight is 380 g/mol. The molecule has 8 heteroatoms. The predicted octanol–water partition coefficient (Wildman–Crippen LogP) is 2.89. The van der Waals surface area contributed by atoms with Gasteiger partial charge in [-0.1, -0.05) is 0 Å². The van der Waals surface area contributed by atoms with Crippen molar-refractivity contribution < 1.29 is 28.2 Å². The molecule has 0 aliphatic carbocycles. The number of halogens is 1. The normalized spacial score (nSPS) is 24.1. The van der Waals surface area contributed by atoms with Crippen LogP contribution in [0.5, 0.6) is 0 Å². The third-order valence-corrected chi connectivity index (χ3v) is 5.26. The zero-order valence-electron chi connectivity index (χ0n) is 16.2. The van der Waals surface area contributed by atoms with E-state index in [2.05, 4.69) is 5.32 Å². The quantitative estimate of drug-likeness (QED) is 0.869. The lowest BCUT2D eigenvalue weighted by molar-refractivity contribution is -0.119. The minimum Gasteiger partial charge on any atom is -0.442 e. The summed E-state index contributed by atoms with van der Waals surface area (Å²) in [6, 6.07) is 4.45. The summed E-state index contributed by atoms with van der Waals surface area (Å²) < 4.78 is 31.7. The molecule has 2 heterocycles. The van der Waals surface area contributed by atoms with E-state index >= 15 is 0 Å². The van der Waals surface area contributed by atoms with Gasteiger partial charge >= 0.3 is 6.09 Å². The molecule has 3 rings (SSSR count). The van der Waals surface area contributed by atoms with E-state index < -0.39 is 35.5 Å². The largest absolute Gasteiger partial charge is 0.442 e. The fourth-order valence-corrected chi connectivity index (χ4v) is 2.94. The molecule has 0 saturated carbocycles. The van der Waals surface area contributed by atoms with Gasteiger partial charge in [0, 0.05) is 12.5 Å². The van der Waals surface area contributed by atoms with E-state index in [9.17, 15) is 14.0 Å². The molecule has 2 aliphatic heterocycles. The molecule has 27 heavy (non-hydrogen) atoms. The van der Waals surface area contributed by atoms with E-state index in [4.69, 9.17) is 14.2 Å². The maximum absolute atomic E-state index is 14.7. The molecule has 2 fully saturated rings. The van der Waals surface area contributed by atoms with Gasteiger partial charge in [-0.3, -0.25) is 9.69 Å². The van der Waals surface area contributed by atoms with Crippen LogP contribution >= 0.6 is 0 Å². The van der Waals surface area contributed by atoms with Gasteiger partial charge in [-0.15, -0.1) is 0 Å². The minimum absolute atomic E-state index is 0.206. The van der Waals surface area contributed by atoms with Crippen LogP contribution in [-0.2, 0) is 19.0 Å².